The highest BCUT2D eigenvalue weighted by molar-refractivity contribution is 5.96. The number of para-hydroxylation sites is 1. The number of nitrogens with zero attached hydrogens (tertiary/aromatic N) is 2. The van der Waals surface area contributed by atoms with Gasteiger partial charge in [-0.2, -0.15) is 0 Å². The van der Waals surface area contributed by atoms with Crippen LogP contribution in [0.4, 0.5) is 0 Å². The number of hydrogen-bond acceptors (Lipinski definition) is 4. The zero-order valence-electron chi connectivity index (χ0n) is 23.7. The molecule has 0 atom stereocenters. The van der Waals surface area contributed by atoms with Crippen LogP contribution in [0.15, 0.2) is 79.0 Å². The monoisotopic (exact) mass is 541 g/mol. The van der Waals surface area contributed by atoms with Gasteiger partial charge in [-0.1, -0.05) is 49.4 Å². The van der Waals surface area contributed by atoms with Crippen molar-refractivity contribution in [3.05, 3.63) is 101 Å². The van der Waals surface area contributed by atoms with E-state index in [4.69, 9.17) is 9.47 Å². The number of methoxy groups -OCH3 is 2. The smallest absolute Gasteiger partial charge is 0.254 e. The highest BCUT2D eigenvalue weighted by Crippen LogP contribution is 2.20. The Bertz CT molecular complexity index is 1380. The summed E-state index contributed by atoms with van der Waals surface area (Å²) in [7, 11) is 3.28. The maximum atomic E-state index is 13.8. The summed E-state index contributed by atoms with van der Waals surface area (Å²) in [6.45, 7) is 4.01. The minimum atomic E-state index is -0.145. The number of benzene rings is 3. The third-order valence-electron chi connectivity index (χ3n) is 7.21. The molecule has 4 aromatic rings. The lowest BCUT2D eigenvalue weighted by Gasteiger charge is -2.28. The summed E-state index contributed by atoms with van der Waals surface area (Å²) in [5.74, 6) is 0.532. The third-order valence-corrected chi connectivity index (χ3v) is 7.21. The number of carbonyl (C=O) groups excluding carboxylic acids is 2. The lowest BCUT2D eigenvalue weighted by atomic mass is 10.1. The molecular weight excluding hydrogens is 502 g/mol. The minimum absolute atomic E-state index is 0.00210. The van der Waals surface area contributed by atoms with Crippen molar-refractivity contribution in [1.82, 2.24) is 14.8 Å². The molecule has 2 amide bonds. The molecule has 4 rings (SSSR count). The molecule has 7 nitrogen and oxygen atoms in total. The molecule has 0 bridgehead atoms. The largest absolute Gasteiger partial charge is 0.497 e. The number of H-pyrrole nitrogens is 1. The molecule has 1 heterocycles. The number of hydrogen-bond donors (Lipinski definition) is 1. The Morgan fingerprint density at radius 3 is 2.27 bits per heavy atom. The molecule has 1 aromatic heterocycles. The standard InChI is InChI=1S/C33H39N3O4/c1-4-25-10-14-27(15-11-25)33(38)36(19-7-21-39-2)24-32(37)35(23-26-12-16-29(40-3)17-13-26)20-18-28-22-34-31-9-6-5-8-30(28)31/h5-6,8-17,22,34H,4,7,18-21,23-24H2,1-3H3. The van der Waals surface area contributed by atoms with Crippen LogP contribution in [0, 0.1) is 0 Å². The summed E-state index contributed by atoms with van der Waals surface area (Å²) in [6.07, 6.45) is 4.26. The van der Waals surface area contributed by atoms with Gasteiger partial charge in [-0.3, -0.25) is 9.59 Å². The van der Waals surface area contributed by atoms with E-state index in [0.29, 0.717) is 44.6 Å². The maximum absolute atomic E-state index is 13.8. The zero-order chi connectivity index (χ0) is 28.3. The van der Waals surface area contributed by atoms with Crippen LogP contribution in [0.25, 0.3) is 10.9 Å². The van der Waals surface area contributed by atoms with Crippen molar-refractivity contribution in [1.29, 1.82) is 0 Å². The topological polar surface area (TPSA) is 74.9 Å². The van der Waals surface area contributed by atoms with Gasteiger partial charge in [0.2, 0.25) is 5.91 Å². The number of nitrogens with one attached hydrogen (secondary N) is 1. The van der Waals surface area contributed by atoms with Crippen LogP contribution in [-0.4, -0.2) is 67.1 Å². The van der Waals surface area contributed by atoms with Crippen molar-refractivity contribution in [3.8, 4) is 5.75 Å². The highest BCUT2D eigenvalue weighted by Gasteiger charge is 2.23. The van der Waals surface area contributed by atoms with Gasteiger partial charge in [0.15, 0.2) is 0 Å². The van der Waals surface area contributed by atoms with Crippen molar-refractivity contribution in [2.75, 3.05) is 40.5 Å². The molecule has 40 heavy (non-hydrogen) atoms. The molecule has 0 fully saturated rings. The van der Waals surface area contributed by atoms with Gasteiger partial charge >= 0.3 is 0 Å². The molecular formula is C33H39N3O4. The molecule has 0 saturated heterocycles. The Morgan fingerprint density at radius 1 is 0.850 bits per heavy atom. The van der Waals surface area contributed by atoms with Crippen LogP contribution in [0.2, 0.25) is 0 Å². The first-order valence-corrected chi connectivity index (χ1v) is 13.8. The van der Waals surface area contributed by atoms with E-state index in [1.54, 1.807) is 19.1 Å². The predicted molar refractivity (Wildman–Crippen MR) is 159 cm³/mol. The summed E-state index contributed by atoms with van der Waals surface area (Å²) in [5.41, 5.74) is 4.99. The average Bonchev–Trinajstić information content (AvgIpc) is 3.41. The van der Waals surface area contributed by atoms with E-state index in [-0.39, 0.29) is 18.4 Å². The van der Waals surface area contributed by atoms with Crippen LogP contribution in [0.1, 0.15) is 40.4 Å². The molecule has 1 N–H and O–H groups in total. The first-order chi connectivity index (χ1) is 19.5. The number of amides is 2. The number of aryl methyl sites for hydroxylation is 1. The fourth-order valence-electron chi connectivity index (χ4n) is 4.82. The van der Waals surface area contributed by atoms with E-state index in [1.807, 2.05) is 71.8 Å². The first kappa shape index (κ1) is 28.9. The number of aromatic nitrogens is 1. The molecule has 0 aliphatic carbocycles. The fourth-order valence-corrected chi connectivity index (χ4v) is 4.82. The molecule has 0 unspecified atom stereocenters. The summed E-state index contributed by atoms with van der Waals surface area (Å²) in [6, 6.07) is 23.6. The van der Waals surface area contributed by atoms with Crippen molar-refractivity contribution < 1.29 is 19.1 Å². The molecule has 3 aromatic carbocycles. The van der Waals surface area contributed by atoms with Crippen LogP contribution in [0.3, 0.4) is 0 Å². The van der Waals surface area contributed by atoms with Gasteiger partial charge in [0.05, 0.1) is 7.11 Å². The quantitative estimate of drug-likeness (QED) is 0.214. The number of fused-ring (bicyclic) bond motifs is 1. The number of ether oxygens (including phenoxy) is 2. The summed E-state index contributed by atoms with van der Waals surface area (Å²) in [4.78, 5) is 34.2. The van der Waals surface area contributed by atoms with E-state index < -0.39 is 0 Å². The summed E-state index contributed by atoms with van der Waals surface area (Å²) < 4.78 is 10.5. The van der Waals surface area contributed by atoms with Crippen molar-refractivity contribution in [2.24, 2.45) is 0 Å². The third kappa shape index (κ3) is 7.51. The number of rotatable bonds is 14. The number of aromatic amines is 1. The van der Waals surface area contributed by atoms with E-state index >= 15 is 0 Å². The molecule has 0 radical (unpaired) electrons. The highest BCUT2D eigenvalue weighted by atomic mass is 16.5. The predicted octanol–water partition coefficient (Wildman–Crippen LogP) is 5.49. The fraction of sp³-hybridized carbons (Fsp3) is 0.333. The van der Waals surface area contributed by atoms with Crippen LogP contribution >= 0.6 is 0 Å². The zero-order valence-corrected chi connectivity index (χ0v) is 23.7. The average molecular weight is 542 g/mol. The van der Waals surface area contributed by atoms with Crippen molar-refractivity contribution in [3.63, 3.8) is 0 Å². The van der Waals surface area contributed by atoms with Crippen LogP contribution < -0.4 is 4.74 Å². The van der Waals surface area contributed by atoms with E-state index in [0.717, 1.165) is 34.2 Å². The Hall–Kier alpha value is -4.10. The van der Waals surface area contributed by atoms with Gasteiger partial charge in [-0.15, -0.1) is 0 Å². The van der Waals surface area contributed by atoms with Crippen LogP contribution in [-0.2, 0) is 28.9 Å². The minimum Gasteiger partial charge on any atom is -0.497 e. The van der Waals surface area contributed by atoms with E-state index in [1.165, 1.54) is 5.56 Å². The second-order valence-electron chi connectivity index (χ2n) is 9.90. The molecule has 210 valence electrons. The Balaban J connectivity index is 1.54. The summed E-state index contributed by atoms with van der Waals surface area (Å²) in [5, 5.41) is 1.16. The molecule has 0 aliphatic heterocycles. The van der Waals surface area contributed by atoms with Crippen LogP contribution in [0.5, 0.6) is 5.75 Å². The Morgan fingerprint density at radius 2 is 1.57 bits per heavy atom. The lowest BCUT2D eigenvalue weighted by molar-refractivity contribution is -0.132. The Labute approximate surface area is 236 Å². The van der Waals surface area contributed by atoms with Crippen molar-refractivity contribution >= 4 is 22.7 Å². The molecule has 7 heteroatoms. The molecule has 0 spiro atoms. The van der Waals surface area contributed by atoms with E-state index in [9.17, 15) is 9.59 Å². The molecule has 0 saturated carbocycles. The van der Waals surface area contributed by atoms with E-state index in [2.05, 4.69) is 24.0 Å². The van der Waals surface area contributed by atoms with Gasteiger partial charge in [0.1, 0.15) is 12.3 Å². The van der Waals surface area contributed by atoms with Crippen molar-refractivity contribution in [2.45, 2.75) is 32.7 Å². The first-order valence-electron chi connectivity index (χ1n) is 13.8. The second kappa shape index (κ2) is 14.3. The normalized spacial score (nSPS) is 11.0. The lowest BCUT2D eigenvalue weighted by Crippen LogP contribution is -2.44. The summed E-state index contributed by atoms with van der Waals surface area (Å²) >= 11 is 0. The van der Waals surface area contributed by atoms with Gasteiger partial charge in [0.25, 0.3) is 5.91 Å². The van der Waals surface area contributed by atoms with Gasteiger partial charge in [-0.25, -0.2) is 0 Å². The maximum Gasteiger partial charge on any atom is 0.254 e. The second-order valence-corrected chi connectivity index (χ2v) is 9.90. The van der Waals surface area contributed by atoms with Gasteiger partial charge in [0, 0.05) is 56.0 Å². The van der Waals surface area contributed by atoms with Gasteiger partial charge < -0.3 is 24.3 Å². The number of carbonyl (C=O) groups is 2. The van der Waals surface area contributed by atoms with Gasteiger partial charge in [-0.05, 0) is 66.3 Å². The Kier molecular flexibility index (Phi) is 10.4. The SMILES string of the molecule is CCc1ccc(C(=O)N(CCCOC)CC(=O)N(CCc2c[nH]c3ccccc23)Cc2ccc(OC)cc2)cc1. The molecule has 0 aliphatic rings.